The highest BCUT2D eigenvalue weighted by molar-refractivity contribution is 7.09. The van der Waals surface area contributed by atoms with Crippen molar-refractivity contribution in [1.82, 2.24) is 4.98 Å². The molecule has 3 rings (SSSR count). The van der Waals surface area contributed by atoms with E-state index in [1.165, 1.54) is 17.0 Å². The Morgan fingerprint density at radius 1 is 1.33 bits per heavy atom. The summed E-state index contributed by atoms with van der Waals surface area (Å²) < 4.78 is 0. The zero-order valence-electron chi connectivity index (χ0n) is 10.8. The average Bonchev–Trinajstić information content (AvgIpc) is 2.92. The summed E-state index contributed by atoms with van der Waals surface area (Å²) >= 11 is 1.81. The van der Waals surface area contributed by atoms with Gasteiger partial charge in [-0.05, 0) is 31.4 Å². The molecule has 2 nitrogen and oxygen atoms in total. The minimum atomic E-state index is 0.739. The van der Waals surface area contributed by atoms with E-state index in [9.17, 15) is 0 Å². The molecule has 0 radical (unpaired) electrons. The Labute approximate surface area is 112 Å². The van der Waals surface area contributed by atoms with Crippen LogP contribution in [-0.4, -0.2) is 4.98 Å². The van der Waals surface area contributed by atoms with E-state index in [0.717, 1.165) is 29.8 Å². The van der Waals surface area contributed by atoms with E-state index in [2.05, 4.69) is 48.8 Å². The zero-order chi connectivity index (χ0) is 12.5. The van der Waals surface area contributed by atoms with Gasteiger partial charge in [0.1, 0.15) is 0 Å². The van der Waals surface area contributed by atoms with Gasteiger partial charge in [-0.2, -0.15) is 0 Å². The summed E-state index contributed by atoms with van der Waals surface area (Å²) in [5, 5.41) is 6.92. The molecule has 1 aliphatic rings. The topological polar surface area (TPSA) is 24.9 Å². The number of hydrogen-bond acceptors (Lipinski definition) is 3. The summed E-state index contributed by atoms with van der Waals surface area (Å²) in [6, 6.07) is 8.48. The van der Waals surface area contributed by atoms with E-state index in [1.54, 1.807) is 0 Å². The van der Waals surface area contributed by atoms with Crippen LogP contribution in [0.15, 0.2) is 29.6 Å². The van der Waals surface area contributed by atoms with Gasteiger partial charge in [0.15, 0.2) is 0 Å². The fourth-order valence-electron chi connectivity index (χ4n) is 2.10. The van der Waals surface area contributed by atoms with Gasteiger partial charge < -0.3 is 5.32 Å². The van der Waals surface area contributed by atoms with Gasteiger partial charge in [0, 0.05) is 17.0 Å². The number of thiazole rings is 1. The highest BCUT2D eigenvalue weighted by atomic mass is 32.1. The highest BCUT2D eigenvalue weighted by Crippen LogP contribution is 2.47. The third-order valence-electron chi connectivity index (χ3n) is 3.52. The summed E-state index contributed by atoms with van der Waals surface area (Å²) in [6.07, 6.45) is 1.32. The standard InChI is InChI=1S/C15H18N2S/c1-10-3-5-12(6-4-10)16-8-13-9-18-15(17-13)14-7-11(14)2/h3-6,9,11,14,16H,7-8H2,1-2H3. The van der Waals surface area contributed by atoms with Crippen molar-refractivity contribution in [2.45, 2.75) is 32.7 Å². The van der Waals surface area contributed by atoms with Crippen LogP contribution >= 0.6 is 11.3 Å². The SMILES string of the molecule is Cc1ccc(NCc2csc(C3CC3C)n2)cc1. The molecule has 1 N–H and O–H groups in total. The van der Waals surface area contributed by atoms with Crippen LogP contribution in [0.5, 0.6) is 0 Å². The maximum atomic E-state index is 4.71. The molecule has 94 valence electrons. The third kappa shape index (κ3) is 2.56. The number of nitrogens with zero attached hydrogens (tertiary/aromatic N) is 1. The first-order valence-corrected chi connectivity index (χ1v) is 7.35. The molecule has 1 heterocycles. The maximum absolute atomic E-state index is 4.71. The molecule has 1 aromatic carbocycles. The highest BCUT2D eigenvalue weighted by Gasteiger charge is 2.36. The van der Waals surface area contributed by atoms with E-state index >= 15 is 0 Å². The van der Waals surface area contributed by atoms with Crippen LogP contribution in [-0.2, 0) is 6.54 Å². The van der Waals surface area contributed by atoms with Crippen molar-refractivity contribution in [2.24, 2.45) is 5.92 Å². The average molecular weight is 258 g/mol. The van der Waals surface area contributed by atoms with Gasteiger partial charge in [-0.3, -0.25) is 0 Å². The van der Waals surface area contributed by atoms with Gasteiger partial charge in [0.25, 0.3) is 0 Å². The van der Waals surface area contributed by atoms with Crippen molar-refractivity contribution in [3.05, 3.63) is 45.9 Å². The molecule has 2 unspecified atom stereocenters. The first kappa shape index (κ1) is 11.7. The normalized spacial score (nSPS) is 21.9. The fraction of sp³-hybridized carbons (Fsp3) is 0.400. The Hall–Kier alpha value is -1.35. The Balaban J connectivity index is 1.59. The molecule has 2 aromatic rings. The Kier molecular flexibility index (Phi) is 3.08. The predicted octanol–water partition coefficient (Wildman–Crippen LogP) is 4.19. The van der Waals surface area contributed by atoms with E-state index in [-0.39, 0.29) is 0 Å². The molecule has 1 aliphatic carbocycles. The van der Waals surface area contributed by atoms with Crippen LogP contribution in [0, 0.1) is 12.8 Å². The van der Waals surface area contributed by atoms with Crippen molar-refractivity contribution in [3.8, 4) is 0 Å². The smallest absolute Gasteiger partial charge is 0.0962 e. The number of anilines is 1. The van der Waals surface area contributed by atoms with Crippen LogP contribution in [0.1, 0.15) is 35.5 Å². The molecule has 1 aromatic heterocycles. The van der Waals surface area contributed by atoms with Crippen LogP contribution in [0.3, 0.4) is 0 Å². The quantitative estimate of drug-likeness (QED) is 0.889. The lowest BCUT2D eigenvalue weighted by atomic mass is 10.2. The molecule has 2 atom stereocenters. The van der Waals surface area contributed by atoms with Crippen molar-refractivity contribution >= 4 is 17.0 Å². The van der Waals surface area contributed by atoms with E-state index in [0.29, 0.717) is 0 Å². The molecule has 0 amide bonds. The van der Waals surface area contributed by atoms with Gasteiger partial charge in [0.2, 0.25) is 0 Å². The minimum absolute atomic E-state index is 0.739. The lowest BCUT2D eigenvalue weighted by Gasteiger charge is -2.04. The number of benzene rings is 1. The summed E-state index contributed by atoms with van der Waals surface area (Å²) in [5.41, 5.74) is 3.61. The summed E-state index contributed by atoms with van der Waals surface area (Å²) in [7, 11) is 0. The third-order valence-corrected chi connectivity index (χ3v) is 4.55. The second-order valence-electron chi connectivity index (χ2n) is 5.22. The maximum Gasteiger partial charge on any atom is 0.0962 e. The zero-order valence-corrected chi connectivity index (χ0v) is 11.6. The summed E-state index contributed by atoms with van der Waals surface area (Å²) in [5.74, 6) is 1.58. The van der Waals surface area contributed by atoms with Crippen LogP contribution in [0.25, 0.3) is 0 Å². The summed E-state index contributed by atoms with van der Waals surface area (Å²) in [4.78, 5) is 4.71. The second-order valence-corrected chi connectivity index (χ2v) is 6.11. The molecule has 0 spiro atoms. The summed E-state index contributed by atoms with van der Waals surface area (Å²) in [6.45, 7) is 5.23. The van der Waals surface area contributed by atoms with E-state index < -0.39 is 0 Å². The van der Waals surface area contributed by atoms with Gasteiger partial charge in [0.05, 0.1) is 17.2 Å². The predicted molar refractivity (Wildman–Crippen MR) is 77.1 cm³/mol. The van der Waals surface area contributed by atoms with Crippen molar-refractivity contribution < 1.29 is 0 Å². The van der Waals surface area contributed by atoms with Crippen molar-refractivity contribution in [1.29, 1.82) is 0 Å². The molecule has 0 bridgehead atoms. The molecule has 3 heteroatoms. The number of rotatable bonds is 4. The van der Waals surface area contributed by atoms with Gasteiger partial charge in [-0.25, -0.2) is 4.98 Å². The first-order valence-electron chi connectivity index (χ1n) is 6.47. The van der Waals surface area contributed by atoms with Crippen molar-refractivity contribution in [3.63, 3.8) is 0 Å². The van der Waals surface area contributed by atoms with Crippen LogP contribution in [0.4, 0.5) is 5.69 Å². The van der Waals surface area contributed by atoms with Gasteiger partial charge >= 0.3 is 0 Å². The molecule has 0 saturated heterocycles. The van der Waals surface area contributed by atoms with Crippen molar-refractivity contribution in [2.75, 3.05) is 5.32 Å². The molecule has 18 heavy (non-hydrogen) atoms. The monoisotopic (exact) mass is 258 g/mol. The number of aryl methyl sites for hydroxylation is 1. The molecule has 1 saturated carbocycles. The Bertz CT molecular complexity index is 530. The fourth-order valence-corrected chi connectivity index (χ4v) is 3.17. The van der Waals surface area contributed by atoms with Gasteiger partial charge in [-0.15, -0.1) is 11.3 Å². The molecular formula is C15H18N2S. The van der Waals surface area contributed by atoms with E-state index in [1.807, 2.05) is 11.3 Å². The number of aromatic nitrogens is 1. The van der Waals surface area contributed by atoms with Crippen LogP contribution < -0.4 is 5.32 Å². The lowest BCUT2D eigenvalue weighted by Crippen LogP contribution is -1.99. The molecular weight excluding hydrogens is 240 g/mol. The second kappa shape index (κ2) is 4.73. The largest absolute Gasteiger partial charge is 0.379 e. The molecule has 0 aliphatic heterocycles. The Morgan fingerprint density at radius 2 is 2.06 bits per heavy atom. The lowest BCUT2D eigenvalue weighted by molar-refractivity contribution is 0.895. The first-order chi connectivity index (χ1) is 8.72. The van der Waals surface area contributed by atoms with E-state index in [4.69, 9.17) is 4.98 Å². The van der Waals surface area contributed by atoms with Crippen LogP contribution in [0.2, 0.25) is 0 Å². The molecule has 1 fully saturated rings. The Morgan fingerprint density at radius 3 is 2.72 bits per heavy atom. The number of nitrogens with one attached hydrogen (secondary N) is 1. The number of hydrogen-bond donors (Lipinski definition) is 1. The van der Waals surface area contributed by atoms with Gasteiger partial charge in [-0.1, -0.05) is 24.6 Å². The minimum Gasteiger partial charge on any atom is -0.379 e.